The van der Waals surface area contributed by atoms with Crippen LogP contribution in [0.4, 0.5) is 5.13 Å². The molecule has 4 nitrogen and oxygen atoms in total. The van der Waals surface area contributed by atoms with E-state index >= 15 is 0 Å². The first kappa shape index (κ1) is 13.6. The summed E-state index contributed by atoms with van der Waals surface area (Å²) in [4.78, 5) is 4.66. The predicted molar refractivity (Wildman–Crippen MR) is 84.9 cm³/mol. The highest BCUT2D eigenvalue weighted by atomic mass is 32.1. The normalized spacial score (nSPS) is 16.4. The fourth-order valence-electron chi connectivity index (χ4n) is 2.42. The van der Waals surface area contributed by atoms with Crippen molar-refractivity contribution in [3.8, 4) is 5.75 Å². The first-order valence-electron chi connectivity index (χ1n) is 7.36. The molecule has 20 heavy (non-hydrogen) atoms. The number of benzene rings is 1. The van der Waals surface area contributed by atoms with Crippen LogP contribution in [-0.2, 0) is 0 Å². The van der Waals surface area contributed by atoms with Crippen molar-refractivity contribution in [1.82, 2.24) is 10.3 Å². The molecule has 0 atom stereocenters. The van der Waals surface area contributed by atoms with Crippen LogP contribution in [-0.4, -0.2) is 30.7 Å². The van der Waals surface area contributed by atoms with E-state index in [4.69, 9.17) is 4.74 Å². The fraction of sp³-hybridized carbons (Fsp3) is 0.533. The molecule has 0 unspecified atom stereocenters. The van der Waals surface area contributed by atoms with Gasteiger partial charge in [0.1, 0.15) is 5.75 Å². The summed E-state index contributed by atoms with van der Waals surface area (Å²) in [5.74, 6) is 0.941. The van der Waals surface area contributed by atoms with Crippen LogP contribution in [0.25, 0.3) is 10.2 Å². The van der Waals surface area contributed by atoms with Gasteiger partial charge in [0.15, 0.2) is 5.13 Å². The standard InChI is InChI=1S/C15H21N3OS/c1-2-9-19-12-3-4-13-14(10-12)20-15(18-13)17-11-5-7-16-8-6-11/h3-4,10-11,16H,2,5-9H2,1H3,(H,17,18). The lowest BCUT2D eigenvalue weighted by Gasteiger charge is -2.23. The maximum absolute atomic E-state index is 5.67. The second-order valence-electron chi connectivity index (χ2n) is 5.17. The summed E-state index contributed by atoms with van der Waals surface area (Å²) < 4.78 is 6.86. The number of nitrogens with zero attached hydrogens (tertiary/aromatic N) is 1. The van der Waals surface area contributed by atoms with E-state index < -0.39 is 0 Å². The van der Waals surface area contributed by atoms with Crippen molar-refractivity contribution in [2.75, 3.05) is 25.0 Å². The van der Waals surface area contributed by atoms with Crippen molar-refractivity contribution in [2.24, 2.45) is 0 Å². The van der Waals surface area contributed by atoms with Gasteiger partial charge in [-0.2, -0.15) is 0 Å². The van der Waals surface area contributed by atoms with E-state index in [1.165, 1.54) is 17.5 Å². The molecule has 1 aromatic heterocycles. The lowest BCUT2D eigenvalue weighted by atomic mass is 10.1. The molecule has 1 aliphatic heterocycles. The molecule has 0 amide bonds. The Bertz CT molecular complexity index is 563. The third-order valence-electron chi connectivity index (χ3n) is 3.50. The van der Waals surface area contributed by atoms with E-state index in [2.05, 4.69) is 28.6 Å². The van der Waals surface area contributed by atoms with Crippen LogP contribution in [0.15, 0.2) is 18.2 Å². The molecule has 0 radical (unpaired) electrons. The minimum Gasteiger partial charge on any atom is -0.494 e. The SMILES string of the molecule is CCCOc1ccc2nc(NC3CCNCC3)sc2c1. The number of thiazole rings is 1. The molecule has 0 aliphatic carbocycles. The zero-order valence-corrected chi connectivity index (χ0v) is 12.6. The molecular weight excluding hydrogens is 270 g/mol. The van der Waals surface area contributed by atoms with Crippen molar-refractivity contribution in [1.29, 1.82) is 0 Å². The molecule has 0 spiro atoms. The average molecular weight is 291 g/mol. The first-order chi connectivity index (χ1) is 9.85. The van der Waals surface area contributed by atoms with E-state index in [1.54, 1.807) is 11.3 Å². The van der Waals surface area contributed by atoms with Crippen molar-refractivity contribution in [3.63, 3.8) is 0 Å². The molecule has 3 rings (SSSR count). The van der Waals surface area contributed by atoms with Crippen LogP contribution >= 0.6 is 11.3 Å². The minimum atomic E-state index is 0.549. The van der Waals surface area contributed by atoms with Gasteiger partial charge in [-0.15, -0.1) is 0 Å². The summed E-state index contributed by atoms with van der Waals surface area (Å²) in [6, 6.07) is 6.69. The second kappa shape index (κ2) is 6.41. The average Bonchev–Trinajstić information content (AvgIpc) is 2.87. The van der Waals surface area contributed by atoms with Crippen LogP contribution < -0.4 is 15.4 Å². The number of nitrogens with one attached hydrogen (secondary N) is 2. The number of fused-ring (bicyclic) bond motifs is 1. The Balaban J connectivity index is 1.72. The molecule has 1 fully saturated rings. The Morgan fingerprint density at radius 3 is 3.05 bits per heavy atom. The van der Waals surface area contributed by atoms with Gasteiger partial charge in [-0.05, 0) is 50.6 Å². The largest absolute Gasteiger partial charge is 0.494 e. The molecule has 108 valence electrons. The van der Waals surface area contributed by atoms with Gasteiger partial charge in [-0.1, -0.05) is 18.3 Å². The van der Waals surface area contributed by atoms with Gasteiger partial charge in [0.05, 0.1) is 16.8 Å². The molecule has 0 saturated carbocycles. The van der Waals surface area contributed by atoms with Crippen LogP contribution in [0.1, 0.15) is 26.2 Å². The van der Waals surface area contributed by atoms with Gasteiger partial charge in [0, 0.05) is 6.04 Å². The van der Waals surface area contributed by atoms with Gasteiger partial charge >= 0.3 is 0 Å². The summed E-state index contributed by atoms with van der Waals surface area (Å²) in [6.45, 7) is 5.08. The monoisotopic (exact) mass is 291 g/mol. The topological polar surface area (TPSA) is 46.2 Å². The van der Waals surface area contributed by atoms with Gasteiger partial charge in [0.25, 0.3) is 0 Å². The highest BCUT2D eigenvalue weighted by Crippen LogP contribution is 2.30. The first-order valence-corrected chi connectivity index (χ1v) is 8.17. The summed E-state index contributed by atoms with van der Waals surface area (Å²) in [6.07, 6.45) is 3.37. The van der Waals surface area contributed by atoms with Crippen LogP contribution in [0.3, 0.4) is 0 Å². The molecule has 1 aromatic carbocycles. The molecule has 1 saturated heterocycles. The summed E-state index contributed by atoms with van der Waals surface area (Å²) >= 11 is 1.72. The number of piperidine rings is 1. The molecule has 0 bridgehead atoms. The number of ether oxygens (including phenoxy) is 1. The van der Waals surface area contributed by atoms with E-state index in [0.717, 1.165) is 42.5 Å². The van der Waals surface area contributed by atoms with Crippen molar-refractivity contribution < 1.29 is 4.74 Å². The maximum Gasteiger partial charge on any atom is 0.184 e. The summed E-state index contributed by atoms with van der Waals surface area (Å²) in [5.41, 5.74) is 1.05. The Labute approximate surface area is 123 Å². The Morgan fingerprint density at radius 1 is 1.40 bits per heavy atom. The van der Waals surface area contributed by atoms with Crippen molar-refractivity contribution in [3.05, 3.63) is 18.2 Å². The molecule has 2 aromatic rings. The number of anilines is 1. The van der Waals surface area contributed by atoms with Gasteiger partial charge in [-0.3, -0.25) is 0 Å². The smallest absolute Gasteiger partial charge is 0.184 e. The molecule has 2 N–H and O–H groups in total. The Kier molecular flexibility index (Phi) is 4.38. The highest BCUT2D eigenvalue weighted by molar-refractivity contribution is 7.22. The number of rotatable bonds is 5. The van der Waals surface area contributed by atoms with Gasteiger partial charge < -0.3 is 15.4 Å². The maximum atomic E-state index is 5.67. The minimum absolute atomic E-state index is 0.549. The number of aromatic nitrogens is 1. The van der Waals surface area contributed by atoms with E-state index in [-0.39, 0.29) is 0 Å². The summed E-state index contributed by atoms with van der Waals surface area (Å²) in [7, 11) is 0. The Morgan fingerprint density at radius 2 is 2.25 bits per heavy atom. The lowest BCUT2D eigenvalue weighted by Crippen LogP contribution is -2.35. The summed E-state index contributed by atoms with van der Waals surface area (Å²) in [5, 5.41) is 7.97. The van der Waals surface area contributed by atoms with Crippen molar-refractivity contribution >= 4 is 26.7 Å². The molecule has 1 aliphatic rings. The van der Waals surface area contributed by atoms with Crippen LogP contribution in [0.5, 0.6) is 5.75 Å². The number of hydrogen-bond acceptors (Lipinski definition) is 5. The van der Waals surface area contributed by atoms with Crippen molar-refractivity contribution in [2.45, 2.75) is 32.2 Å². The third-order valence-corrected chi connectivity index (χ3v) is 4.45. The van der Waals surface area contributed by atoms with E-state index in [1.807, 2.05) is 12.1 Å². The van der Waals surface area contributed by atoms with Gasteiger partial charge in [0.2, 0.25) is 0 Å². The molecule has 2 heterocycles. The van der Waals surface area contributed by atoms with Gasteiger partial charge in [-0.25, -0.2) is 4.98 Å². The predicted octanol–water partition coefficient (Wildman–Crippen LogP) is 3.25. The van der Waals surface area contributed by atoms with E-state index in [0.29, 0.717) is 6.04 Å². The molecular formula is C15H21N3OS. The lowest BCUT2D eigenvalue weighted by molar-refractivity contribution is 0.318. The number of hydrogen-bond donors (Lipinski definition) is 2. The second-order valence-corrected chi connectivity index (χ2v) is 6.20. The van der Waals surface area contributed by atoms with Crippen LogP contribution in [0, 0.1) is 0 Å². The zero-order valence-electron chi connectivity index (χ0n) is 11.8. The molecule has 5 heteroatoms. The fourth-order valence-corrected chi connectivity index (χ4v) is 3.39. The third kappa shape index (κ3) is 3.22. The quantitative estimate of drug-likeness (QED) is 0.887. The van der Waals surface area contributed by atoms with E-state index in [9.17, 15) is 0 Å². The Hall–Kier alpha value is -1.33. The van der Waals surface area contributed by atoms with Crippen LogP contribution in [0.2, 0.25) is 0 Å². The zero-order chi connectivity index (χ0) is 13.8. The highest BCUT2D eigenvalue weighted by Gasteiger charge is 2.14.